The first-order chi connectivity index (χ1) is 16.7. The molecule has 0 radical (unpaired) electrons. The third kappa shape index (κ3) is 4.09. The van der Waals surface area contributed by atoms with E-state index in [9.17, 15) is 9.59 Å². The average molecular weight is 484 g/mol. The highest BCUT2D eigenvalue weighted by molar-refractivity contribution is 5.89. The Morgan fingerprint density at radius 2 is 1.94 bits per heavy atom. The molecule has 0 bridgehead atoms. The summed E-state index contributed by atoms with van der Waals surface area (Å²) in [6.07, 6.45) is 2.53. The van der Waals surface area contributed by atoms with E-state index in [-0.39, 0.29) is 6.61 Å². The van der Waals surface area contributed by atoms with E-state index in [1.54, 1.807) is 30.3 Å². The topological polar surface area (TPSA) is 117 Å². The third-order valence-electron chi connectivity index (χ3n) is 6.60. The van der Waals surface area contributed by atoms with E-state index in [0.717, 1.165) is 12.8 Å². The van der Waals surface area contributed by atoms with Crippen LogP contribution in [0.1, 0.15) is 50.2 Å². The van der Waals surface area contributed by atoms with Gasteiger partial charge in [-0.15, -0.1) is 0 Å². The summed E-state index contributed by atoms with van der Waals surface area (Å²) >= 11 is 0. The Morgan fingerprint density at radius 3 is 2.63 bits per heavy atom. The van der Waals surface area contributed by atoms with Crippen molar-refractivity contribution in [3.8, 4) is 0 Å². The van der Waals surface area contributed by atoms with Crippen LogP contribution in [-0.4, -0.2) is 61.5 Å². The second kappa shape index (κ2) is 8.56. The lowest BCUT2D eigenvalue weighted by Crippen LogP contribution is -2.55. The molecule has 0 spiro atoms. The summed E-state index contributed by atoms with van der Waals surface area (Å²) in [5.41, 5.74) is -2.81. The molecular formula is C24H26FN5O5. The summed E-state index contributed by atoms with van der Waals surface area (Å²) in [6, 6.07) is 8.74. The lowest BCUT2D eigenvalue weighted by molar-refractivity contribution is -0.175. The van der Waals surface area contributed by atoms with Gasteiger partial charge in [0.15, 0.2) is 34.5 Å². The third-order valence-corrected chi connectivity index (χ3v) is 6.60. The van der Waals surface area contributed by atoms with Crippen LogP contribution < -0.4 is 5.32 Å². The van der Waals surface area contributed by atoms with E-state index in [0.29, 0.717) is 28.6 Å². The minimum absolute atomic E-state index is 0.330. The van der Waals surface area contributed by atoms with Gasteiger partial charge in [-0.05, 0) is 38.8 Å². The number of nitrogens with one attached hydrogen (secondary N) is 1. The second-order valence-corrected chi connectivity index (χ2v) is 9.18. The lowest BCUT2D eigenvalue weighted by Gasteiger charge is -2.36. The van der Waals surface area contributed by atoms with Crippen LogP contribution >= 0.6 is 0 Å². The van der Waals surface area contributed by atoms with Crippen molar-refractivity contribution in [1.82, 2.24) is 19.5 Å². The molecule has 1 aliphatic carbocycles. The highest BCUT2D eigenvalue weighted by atomic mass is 19.1. The maximum atomic E-state index is 16.5. The van der Waals surface area contributed by atoms with Crippen molar-refractivity contribution in [2.75, 3.05) is 11.9 Å². The Labute approximate surface area is 200 Å². The van der Waals surface area contributed by atoms with Gasteiger partial charge in [0, 0.05) is 13.0 Å². The second-order valence-electron chi connectivity index (χ2n) is 9.18. The zero-order chi connectivity index (χ0) is 24.8. The minimum Gasteiger partial charge on any atom is -0.459 e. The van der Waals surface area contributed by atoms with Crippen molar-refractivity contribution in [2.24, 2.45) is 0 Å². The zero-order valence-corrected chi connectivity index (χ0v) is 19.6. The van der Waals surface area contributed by atoms with Crippen molar-refractivity contribution >= 4 is 28.9 Å². The van der Waals surface area contributed by atoms with E-state index in [2.05, 4.69) is 20.3 Å². The molecule has 35 heavy (non-hydrogen) atoms. The molecule has 11 heteroatoms. The van der Waals surface area contributed by atoms with Gasteiger partial charge in [-0.3, -0.25) is 9.36 Å². The van der Waals surface area contributed by atoms with Gasteiger partial charge in [0.05, 0.1) is 11.9 Å². The molecule has 5 rings (SSSR count). The molecule has 1 aromatic carbocycles. The van der Waals surface area contributed by atoms with Crippen LogP contribution in [0.3, 0.4) is 0 Å². The Bertz CT molecular complexity index is 1260. The number of alkyl halides is 1. The molecule has 3 heterocycles. The van der Waals surface area contributed by atoms with Crippen LogP contribution in [0.4, 0.5) is 10.2 Å². The lowest BCUT2D eigenvalue weighted by atomic mass is 9.84. The molecular weight excluding hydrogens is 457 g/mol. The molecule has 4 atom stereocenters. The van der Waals surface area contributed by atoms with Gasteiger partial charge >= 0.3 is 11.9 Å². The normalized spacial score (nSPS) is 28.1. The molecule has 0 unspecified atom stereocenters. The first-order valence-electron chi connectivity index (χ1n) is 11.4. The predicted octanol–water partition coefficient (Wildman–Crippen LogP) is 3.21. The number of nitrogens with zero attached hydrogens (tertiary/aromatic N) is 4. The summed E-state index contributed by atoms with van der Waals surface area (Å²) in [6.45, 7) is 3.58. The number of anilines is 1. The Morgan fingerprint density at radius 1 is 1.20 bits per heavy atom. The van der Waals surface area contributed by atoms with Crippen LogP contribution in [0.2, 0.25) is 0 Å². The van der Waals surface area contributed by atoms with Crippen LogP contribution in [0.5, 0.6) is 0 Å². The van der Waals surface area contributed by atoms with E-state index < -0.39 is 35.5 Å². The van der Waals surface area contributed by atoms with Gasteiger partial charge in [-0.1, -0.05) is 18.2 Å². The molecule has 2 aliphatic rings. The highest BCUT2D eigenvalue weighted by Gasteiger charge is 2.66. The fourth-order valence-corrected chi connectivity index (χ4v) is 4.32. The number of ether oxygens (including phenoxy) is 3. The first kappa shape index (κ1) is 23.2. The maximum Gasteiger partial charge on any atom is 0.338 e. The smallest absolute Gasteiger partial charge is 0.338 e. The van der Waals surface area contributed by atoms with Crippen LogP contribution in [0.25, 0.3) is 11.2 Å². The van der Waals surface area contributed by atoms with Crippen molar-refractivity contribution in [3.63, 3.8) is 0 Å². The number of rotatable bonds is 7. The summed E-state index contributed by atoms with van der Waals surface area (Å²) < 4.78 is 35.0. The molecule has 2 fully saturated rings. The van der Waals surface area contributed by atoms with Gasteiger partial charge in [0.25, 0.3) is 0 Å². The molecule has 1 aliphatic heterocycles. The van der Waals surface area contributed by atoms with Gasteiger partial charge in [0.2, 0.25) is 0 Å². The monoisotopic (exact) mass is 483 g/mol. The van der Waals surface area contributed by atoms with Gasteiger partial charge in [0.1, 0.15) is 19.0 Å². The minimum atomic E-state index is -2.23. The number of fused-ring (bicyclic) bond motifs is 1. The number of benzene rings is 1. The van der Waals surface area contributed by atoms with E-state index in [1.165, 1.54) is 38.0 Å². The van der Waals surface area contributed by atoms with Crippen LogP contribution in [0, 0.1) is 0 Å². The molecule has 2 aromatic heterocycles. The fraction of sp³-hybridized carbons (Fsp3) is 0.458. The van der Waals surface area contributed by atoms with Crippen molar-refractivity contribution in [3.05, 3.63) is 48.5 Å². The van der Waals surface area contributed by atoms with Gasteiger partial charge in [-0.2, -0.15) is 0 Å². The number of carbonyl (C=O) groups is 2. The molecule has 1 N–H and O–H groups in total. The molecule has 1 saturated heterocycles. The van der Waals surface area contributed by atoms with E-state index in [4.69, 9.17) is 14.2 Å². The Balaban J connectivity index is 1.46. The van der Waals surface area contributed by atoms with Gasteiger partial charge in [-0.25, -0.2) is 24.1 Å². The Kier molecular flexibility index (Phi) is 5.66. The molecule has 10 nitrogen and oxygen atoms in total. The Hall–Kier alpha value is -3.60. The largest absolute Gasteiger partial charge is 0.459 e. The fourth-order valence-electron chi connectivity index (χ4n) is 4.32. The predicted molar refractivity (Wildman–Crippen MR) is 122 cm³/mol. The number of esters is 2. The van der Waals surface area contributed by atoms with E-state index in [1.807, 2.05) is 0 Å². The number of hydrogen-bond acceptors (Lipinski definition) is 9. The number of halogens is 1. The number of hydrogen-bond donors (Lipinski definition) is 1. The van der Waals surface area contributed by atoms with Crippen molar-refractivity contribution < 1.29 is 28.2 Å². The summed E-state index contributed by atoms with van der Waals surface area (Å²) in [5.74, 6) is -0.723. The molecule has 0 amide bonds. The van der Waals surface area contributed by atoms with Crippen molar-refractivity contribution in [1.29, 1.82) is 0 Å². The van der Waals surface area contributed by atoms with Crippen LogP contribution in [0.15, 0.2) is 43.0 Å². The number of imidazole rings is 1. The highest BCUT2D eigenvalue weighted by Crippen LogP contribution is 2.51. The summed E-state index contributed by atoms with van der Waals surface area (Å²) in [4.78, 5) is 37.4. The van der Waals surface area contributed by atoms with E-state index >= 15 is 4.39 Å². The molecule has 3 aromatic rings. The van der Waals surface area contributed by atoms with Crippen LogP contribution in [-0.2, 0) is 19.0 Å². The number of aromatic nitrogens is 4. The first-order valence-corrected chi connectivity index (χ1v) is 11.4. The standard InChI is InChI=1S/C24H26FN5O5/c1-14(31)35-24(3)17(11-33-21(32)15-7-5-4-6-8-15)34-22(23(24,2)25)30-13-28-18-19(29-16-9-10-16)26-12-27-20(18)30/h4-8,12-13,16-17,22H,9-11H2,1-3H3,(H,26,27,29)/t17-,22-,23+,24-/m1/s1. The zero-order valence-electron chi connectivity index (χ0n) is 19.6. The maximum absolute atomic E-state index is 16.5. The SMILES string of the molecule is CC(=O)O[C@]1(C)[C@@H](COC(=O)c2ccccc2)O[C@@H](n2cnc3c(NC4CC4)ncnc32)[C@]1(C)F. The van der Waals surface area contributed by atoms with Gasteiger partial charge < -0.3 is 19.5 Å². The number of carbonyl (C=O) groups excluding carboxylic acids is 2. The average Bonchev–Trinajstić information content (AvgIpc) is 3.50. The quantitative estimate of drug-likeness (QED) is 0.506. The van der Waals surface area contributed by atoms with Crippen molar-refractivity contribution in [2.45, 2.75) is 63.3 Å². The summed E-state index contributed by atoms with van der Waals surface area (Å²) in [7, 11) is 0. The molecule has 1 saturated carbocycles. The molecule has 184 valence electrons. The summed E-state index contributed by atoms with van der Waals surface area (Å²) in [5, 5.41) is 3.29.